The maximum atomic E-state index is 11.2. The van der Waals surface area contributed by atoms with E-state index in [1.54, 1.807) is 0 Å². The lowest BCUT2D eigenvalue weighted by atomic mass is 10.2. The number of rotatable bonds is 6. The van der Waals surface area contributed by atoms with Gasteiger partial charge >= 0.3 is 0 Å². The van der Waals surface area contributed by atoms with E-state index < -0.39 is 10.8 Å². The third-order valence-corrected chi connectivity index (χ3v) is 3.35. The van der Waals surface area contributed by atoms with Crippen LogP contribution in [0, 0.1) is 0 Å². The van der Waals surface area contributed by atoms with Gasteiger partial charge in [-0.3, -0.25) is 4.21 Å². The largest absolute Gasteiger partial charge is 0.492 e. The van der Waals surface area contributed by atoms with E-state index in [4.69, 9.17) is 10.5 Å². The van der Waals surface area contributed by atoms with Crippen molar-refractivity contribution < 1.29 is 8.95 Å². The molecule has 1 aromatic rings. The molecule has 2 N–H and O–H groups in total. The van der Waals surface area contributed by atoms with Crippen LogP contribution in [0.4, 0.5) is 0 Å². The van der Waals surface area contributed by atoms with Crippen molar-refractivity contribution >= 4 is 10.8 Å². The van der Waals surface area contributed by atoms with Crippen molar-refractivity contribution in [2.24, 2.45) is 5.73 Å². The summed E-state index contributed by atoms with van der Waals surface area (Å²) in [7, 11) is -0.765. The first kappa shape index (κ1) is 12.2. The molecule has 0 amide bonds. The maximum absolute atomic E-state index is 11.2. The van der Waals surface area contributed by atoms with Gasteiger partial charge in [-0.15, -0.1) is 0 Å². The van der Waals surface area contributed by atoms with Crippen LogP contribution >= 0.6 is 0 Å². The Morgan fingerprint density at radius 3 is 2.80 bits per heavy atom. The average Bonchev–Trinajstić information content (AvgIpc) is 2.29. The molecule has 1 unspecified atom stereocenters. The van der Waals surface area contributed by atoms with Gasteiger partial charge in [0.05, 0.1) is 12.4 Å². The van der Waals surface area contributed by atoms with Crippen molar-refractivity contribution in [1.29, 1.82) is 0 Å². The Hall–Kier alpha value is -0.870. The number of hydrogen-bond acceptors (Lipinski definition) is 3. The van der Waals surface area contributed by atoms with Gasteiger partial charge in [-0.25, -0.2) is 0 Å². The summed E-state index contributed by atoms with van der Waals surface area (Å²) < 4.78 is 16.7. The Morgan fingerprint density at radius 2 is 2.13 bits per heavy atom. The lowest BCUT2D eigenvalue weighted by Gasteiger charge is -2.09. The topological polar surface area (TPSA) is 52.3 Å². The zero-order valence-electron chi connectivity index (χ0n) is 8.94. The molecule has 0 spiro atoms. The van der Waals surface area contributed by atoms with E-state index in [-0.39, 0.29) is 0 Å². The summed E-state index contributed by atoms with van der Waals surface area (Å²) in [4.78, 5) is 0. The highest BCUT2D eigenvalue weighted by Crippen LogP contribution is 2.16. The first-order valence-corrected chi connectivity index (χ1v) is 6.52. The molecule has 0 aromatic heterocycles. The second-order valence-electron chi connectivity index (χ2n) is 3.09. The van der Waals surface area contributed by atoms with E-state index >= 15 is 0 Å². The fraction of sp³-hybridized carbons (Fsp3) is 0.455. The number of para-hydroxylation sites is 1. The van der Waals surface area contributed by atoms with Gasteiger partial charge in [0.25, 0.3) is 0 Å². The number of nitrogens with two attached hydrogens (primary N) is 1. The van der Waals surface area contributed by atoms with Crippen LogP contribution in [0.25, 0.3) is 0 Å². The van der Waals surface area contributed by atoms with Crippen LogP contribution in [0.5, 0.6) is 5.75 Å². The van der Waals surface area contributed by atoms with Crippen LogP contribution in [0.2, 0.25) is 0 Å². The summed E-state index contributed by atoms with van der Waals surface area (Å²) in [6.07, 6.45) is 0. The quantitative estimate of drug-likeness (QED) is 0.797. The van der Waals surface area contributed by atoms with Gasteiger partial charge in [-0.1, -0.05) is 25.1 Å². The minimum absolute atomic E-state index is 0.465. The number of benzene rings is 1. The molecular formula is C11H17NO2S. The minimum Gasteiger partial charge on any atom is -0.492 e. The number of hydrogen-bond donors (Lipinski definition) is 1. The van der Waals surface area contributed by atoms with Crippen LogP contribution in [-0.4, -0.2) is 22.3 Å². The highest BCUT2D eigenvalue weighted by molar-refractivity contribution is 7.84. The normalized spacial score (nSPS) is 12.4. The van der Waals surface area contributed by atoms with E-state index in [0.29, 0.717) is 24.7 Å². The Labute approximate surface area is 93.1 Å². The summed E-state index contributed by atoms with van der Waals surface area (Å²) in [6.45, 7) is 2.86. The first-order chi connectivity index (χ1) is 7.27. The van der Waals surface area contributed by atoms with Crippen molar-refractivity contribution in [2.75, 3.05) is 18.1 Å². The van der Waals surface area contributed by atoms with Gasteiger partial charge in [0, 0.05) is 28.7 Å². The Kier molecular flexibility index (Phi) is 5.36. The molecule has 0 aliphatic heterocycles. The molecule has 0 saturated heterocycles. The monoisotopic (exact) mass is 227 g/mol. The summed E-state index contributed by atoms with van der Waals surface area (Å²) in [5.74, 6) is 2.06. The summed E-state index contributed by atoms with van der Waals surface area (Å²) in [5.41, 5.74) is 6.55. The maximum Gasteiger partial charge on any atom is 0.123 e. The summed E-state index contributed by atoms with van der Waals surface area (Å²) in [5, 5.41) is 0. The fourth-order valence-electron chi connectivity index (χ4n) is 1.20. The molecule has 0 aliphatic carbocycles. The van der Waals surface area contributed by atoms with Crippen molar-refractivity contribution in [1.82, 2.24) is 0 Å². The Morgan fingerprint density at radius 1 is 1.40 bits per heavy atom. The average molecular weight is 227 g/mol. The van der Waals surface area contributed by atoms with Crippen LogP contribution in [0.1, 0.15) is 12.5 Å². The van der Waals surface area contributed by atoms with Gasteiger partial charge < -0.3 is 10.5 Å². The van der Waals surface area contributed by atoms with Crippen LogP contribution in [-0.2, 0) is 17.3 Å². The lowest BCUT2D eigenvalue weighted by Crippen LogP contribution is -2.11. The molecule has 3 nitrogen and oxygen atoms in total. The third kappa shape index (κ3) is 4.01. The van der Waals surface area contributed by atoms with Crippen molar-refractivity contribution in [2.45, 2.75) is 13.5 Å². The van der Waals surface area contributed by atoms with Gasteiger partial charge in [0.1, 0.15) is 5.75 Å². The van der Waals surface area contributed by atoms with E-state index in [9.17, 15) is 4.21 Å². The Bertz CT molecular complexity index is 328. The van der Waals surface area contributed by atoms with Crippen molar-refractivity contribution in [3.63, 3.8) is 0 Å². The van der Waals surface area contributed by atoms with Gasteiger partial charge in [0.2, 0.25) is 0 Å². The zero-order valence-corrected chi connectivity index (χ0v) is 9.76. The van der Waals surface area contributed by atoms with Crippen molar-refractivity contribution in [3.8, 4) is 5.75 Å². The van der Waals surface area contributed by atoms with Crippen LogP contribution in [0.15, 0.2) is 24.3 Å². The van der Waals surface area contributed by atoms with Crippen LogP contribution < -0.4 is 10.5 Å². The van der Waals surface area contributed by atoms with E-state index in [1.807, 2.05) is 31.2 Å². The van der Waals surface area contributed by atoms with Gasteiger partial charge in [-0.05, 0) is 6.07 Å². The molecule has 1 aromatic carbocycles. The first-order valence-electron chi connectivity index (χ1n) is 5.03. The number of ether oxygens (including phenoxy) is 1. The molecule has 0 aliphatic rings. The summed E-state index contributed by atoms with van der Waals surface area (Å²) in [6, 6.07) is 7.66. The second kappa shape index (κ2) is 6.58. The molecule has 1 rings (SSSR count). The second-order valence-corrected chi connectivity index (χ2v) is 4.96. The van der Waals surface area contributed by atoms with Gasteiger partial charge in [-0.2, -0.15) is 0 Å². The van der Waals surface area contributed by atoms with Crippen molar-refractivity contribution in [3.05, 3.63) is 29.8 Å². The SMILES string of the molecule is CCS(=O)CCOc1ccccc1CN. The Balaban J connectivity index is 2.46. The molecule has 4 heteroatoms. The highest BCUT2D eigenvalue weighted by Gasteiger charge is 2.01. The molecule has 0 fully saturated rings. The molecule has 0 heterocycles. The third-order valence-electron chi connectivity index (χ3n) is 2.08. The molecule has 0 radical (unpaired) electrons. The molecule has 84 valence electrons. The summed E-state index contributed by atoms with van der Waals surface area (Å²) >= 11 is 0. The predicted octanol–water partition coefficient (Wildman–Crippen LogP) is 1.29. The van der Waals surface area contributed by atoms with Crippen LogP contribution in [0.3, 0.4) is 0 Å². The molecular weight excluding hydrogens is 210 g/mol. The lowest BCUT2D eigenvalue weighted by molar-refractivity contribution is 0.339. The smallest absolute Gasteiger partial charge is 0.123 e. The van der Waals surface area contributed by atoms with E-state index in [0.717, 1.165) is 11.3 Å². The fourth-order valence-corrected chi connectivity index (χ4v) is 1.76. The molecule has 1 atom stereocenters. The molecule has 0 saturated carbocycles. The van der Waals surface area contributed by atoms with Gasteiger partial charge in [0.15, 0.2) is 0 Å². The highest BCUT2D eigenvalue weighted by atomic mass is 32.2. The molecule has 15 heavy (non-hydrogen) atoms. The zero-order chi connectivity index (χ0) is 11.1. The van der Waals surface area contributed by atoms with E-state index in [1.165, 1.54) is 0 Å². The minimum atomic E-state index is -0.765. The predicted molar refractivity (Wildman–Crippen MR) is 63.4 cm³/mol. The standard InChI is InChI=1S/C11H17NO2S/c1-2-15(13)8-7-14-11-6-4-3-5-10(11)9-12/h3-6H,2,7-9,12H2,1H3. The molecule has 0 bridgehead atoms. The van der Waals surface area contributed by atoms with E-state index in [2.05, 4.69) is 0 Å².